The molecular formula is C32H32Cl2N4O5. The van der Waals surface area contributed by atoms with E-state index in [1.165, 1.54) is 6.07 Å². The summed E-state index contributed by atoms with van der Waals surface area (Å²) in [4.78, 5) is 38.2. The fraction of sp³-hybridized carbons (Fsp3) is 0.250. The number of aromatic nitrogens is 2. The molecule has 0 bridgehead atoms. The number of carbonyl (C=O) groups is 3. The zero-order valence-electron chi connectivity index (χ0n) is 23.6. The molecule has 0 radical (unpaired) electrons. The average Bonchev–Trinajstić information content (AvgIpc) is 3.45. The number of ether oxygens (including phenoxy) is 1. The van der Waals surface area contributed by atoms with Crippen LogP contribution in [-0.2, 0) is 16.0 Å². The quantitative estimate of drug-likeness (QED) is 0.145. The van der Waals surface area contributed by atoms with E-state index in [9.17, 15) is 19.5 Å². The van der Waals surface area contributed by atoms with Crippen molar-refractivity contribution in [2.24, 2.45) is 5.92 Å². The molecular weight excluding hydrogens is 591 g/mol. The summed E-state index contributed by atoms with van der Waals surface area (Å²) in [7, 11) is 0. The lowest BCUT2D eigenvalue weighted by molar-refractivity contribution is -0.155. The minimum Gasteiger partial charge on any atom is -0.464 e. The number of amides is 2. The third-order valence-corrected chi connectivity index (χ3v) is 7.02. The second kappa shape index (κ2) is 14.8. The lowest BCUT2D eigenvalue weighted by Crippen LogP contribution is -2.41. The number of H-pyrrole nitrogens is 1. The van der Waals surface area contributed by atoms with Gasteiger partial charge in [0, 0.05) is 23.6 Å². The van der Waals surface area contributed by atoms with E-state index in [2.05, 4.69) is 20.8 Å². The van der Waals surface area contributed by atoms with Gasteiger partial charge in [0.05, 0.1) is 17.2 Å². The molecule has 4 aromatic rings. The van der Waals surface area contributed by atoms with E-state index < -0.39 is 29.9 Å². The summed E-state index contributed by atoms with van der Waals surface area (Å²) in [5, 5.41) is 23.6. The van der Waals surface area contributed by atoms with Crippen LogP contribution in [0, 0.1) is 5.92 Å². The van der Waals surface area contributed by atoms with Crippen molar-refractivity contribution in [2.75, 3.05) is 11.9 Å². The second-order valence-electron chi connectivity index (χ2n) is 10.5. The average molecular weight is 624 g/mol. The van der Waals surface area contributed by atoms with Crippen LogP contribution in [0.25, 0.3) is 11.1 Å². The van der Waals surface area contributed by atoms with Gasteiger partial charge in [-0.15, -0.1) is 0 Å². The maximum atomic E-state index is 13.2. The minimum atomic E-state index is -1.44. The van der Waals surface area contributed by atoms with Crippen molar-refractivity contribution in [3.8, 4) is 11.1 Å². The Morgan fingerprint density at radius 1 is 0.930 bits per heavy atom. The molecule has 4 rings (SSSR count). The third kappa shape index (κ3) is 9.15. The first-order chi connectivity index (χ1) is 20.6. The molecule has 0 saturated carbocycles. The zero-order chi connectivity index (χ0) is 30.9. The van der Waals surface area contributed by atoms with Gasteiger partial charge in [-0.1, -0.05) is 85.6 Å². The second-order valence-corrected chi connectivity index (χ2v) is 11.3. The molecule has 0 fully saturated rings. The van der Waals surface area contributed by atoms with Crippen molar-refractivity contribution >= 4 is 46.8 Å². The van der Waals surface area contributed by atoms with E-state index in [1.54, 1.807) is 30.3 Å². The van der Waals surface area contributed by atoms with E-state index in [-0.39, 0.29) is 41.0 Å². The van der Waals surface area contributed by atoms with Crippen LogP contribution in [0.1, 0.15) is 46.7 Å². The molecule has 1 heterocycles. The number of nitrogens with zero attached hydrogens (tertiary/aromatic N) is 1. The van der Waals surface area contributed by atoms with Crippen LogP contribution in [0.2, 0.25) is 10.0 Å². The summed E-state index contributed by atoms with van der Waals surface area (Å²) in [6, 6.07) is 22.5. The van der Waals surface area contributed by atoms with Gasteiger partial charge in [0.1, 0.15) is 5.69 Å². The maximum Gasteiger partial charge on any atom is 0.335 e. The SMILES string of the molecule is CC(C)COC(=O)C(O)CC(Cc1ccc(-c2cccc(Cl)c2)cc1)NC(=O)c1cc(NC(=O)c2ccccc2Cl)n[nH]1. The molecule has 11 heteroatoms. The lowest BCUT2D eigenvalue weighted by atomic mass is 9.97. The number of carbonyl (C=O) groups excluding carboxylic acids is 3. The van der Waals surface area contributed by atoms with Gasteiger partial charge in [0.2, 0.25) is 0 Å². The highest BCUT2D eigenvalue weighted by Gasteiger charge is 2.25. The van der Waals surface area contributed by atoms with Gasteiger partial charge in [0.15, 0.2) is 11.9 Å². The van der Waals surface area contributed by atoms with E-state index in [0.29, 0.717) is 11.4 Å². The molecule has 0 saturated heterocycles. The summed E-state index contributed by atoms with van der Waals surface area (Å²) < 4.78 is 5.19. The van der Waals surface area contributed by atoms with Crippen LogP contribution in [0.15, 0.2) is 78.9 Å². The number of benzene rings is 3. The molecule has 43 heavy (non-hydrogen) atoms. The molecule has 0 spiro atoms. The van der Waals surface area contributed by atoms with Gasteiger partial charge in [-0.3, -0.25) is 14.7 Å². The number of esters is 1. The van der Waals surface area contributed by atoms with Crippen molar-refractivity contribution in [2.45, 2.75) is 38.8 Å². The number of aliphatic hydroxyl groups is 1. The van der Waals surface area contributed by atoms with Gasteiger partial charge in [-0.25, -0.2) is 4.79 Å². The Balaban J connectivity index is 1.46. The molecule has 2 amide bonds. The van der Waals surface area contributed by atoms with Crippen LogP contribution in [0.5, 0.6) is 0 Å². The maximum absolute atomic E-state index is 13.2. The van der Waals surface area contributed by atoms with Gasteiger partial charge in [-0.05, 0) is 53.3 Å². The normalized spacial score (nSPS) is 12.4. The van der Waals surface area contributed by atoms with E-state index in [1.807, 2.05) is 56.3 Å². The highest BCUT2D eigenvalue weighted by atomic mass is 35.5. The number of halogens is 2. The molecule has 0 aliphatic heterocycles. The largest absolute Gasteiger partial charge is 0.464 e. The number of nitrogens with one attached hydrogen (secondary N) is 3. The summed E-state index contributed by atoms with van der Waals surface area (Å²) in [6.07, 6.45) is -1.20. The molecule has 0 aliphatic rings. The number of hydrogen-bond acceptors (Lipinski definition) is 6. The van der Waals surface area contributed by atoms with Crippen LogP contribution in [0.3, 0.4) is 0 Å². The Morgan fingerprint density at radius 3 is 2.37 bits per heavy atom. The van der Waals surface area contributed by atoms with Crippen LogP contribution in [0.4, 0.5) is 5.82 Å². The van der Waals surface area contributed by atoms with Gasteiger partial charge in [-0.2, -0.15) is 5.10 Å². The van der Waals surface area contributed by atoms with Gasteiger partial charge in [0.25, 0.3) is 11.8 Å². The molecule has 224 valence electrons. The van der Waals surface area contributed by atoms with Crippen molar-refractivity contribution in [3.05, 3.63) is 106 Å². The Morgan fingerprint density at radius 2 is 1.67 bits per heavy atom. The fourth-order valence-corrected chi connectivity index (χ4v) is 4.70. The van der Waals surface area contributed by atoms with Crippen molar-refractivity contribution in [1.29, 1.82) is 0 Å². The Bertz CT molecular complexity index is 1570. The number of hydrogen-bond donors (Lipinski definition) is 4. The number of aliphatic hydroxyl groups excluding tert-OH is 1. The van der Waals surface area contributed by atoms with Crippen LogP contribution >= 0.6 is 23.2 Å². The van der Waals surface area contributed by atoms with Crippen molar-refractivity contribution in [1.82, 2.24) is 15.5 Å². The Kier molecular flexibility index (Phi) is 10.9. The first-order valence-electron chi connectivity index (χ1n) is 13.7. The monoisotopic (exact) mass is 622 g/mol. The fourth-order valence-electron chi connectivity index (χ4n) is 4.28. The highest BCUT2D eigenvalue weighted by Crippen LogP contribution is 2.24. The molecule has 1 aromatic heterocycles. The van der Waals surface area contributed by atoms with Crippen molar-refractivity contribution < 1.29 is 24.2 Å². The molecule has 4 N–H and O–H groups in total. The summed E-state index contributed by atoms with van der Waals surface area (Å²) in [6.45, 7) is 3.96. The number of anilines is 1. The highest BCUT2D eigenvalue weighted by molar-refractivity contribution is 6.34. The summed E-state index contributed by atoms with van der Waals surface area (Å²) >= 11 is 12.2. The van der Waals surface area contributed by atoms with Gasteiger partial charge >= 0.3 is 5.97 Å². The van der Waals surface area contributed by atoms with Gasteiger partial charge < -0.3 is 20.5 Å². The van der Waals surface area contributed by atoms with E-state index in [4.69, 9.17) is 27.9 Å². The summed E-state index contributed by atoms with van der Waals surface area (Å²) in [5.74, 6) is -1.53. The molecule has 2 atom stereocenters. The minimum absolute atomic E-state index is 0.0765. The third-order valence-electron chi connectivity index (χ3n) is 6.45. The number of aromatic amines is 1. The topological polar surface area (TPSA) is 133 Å². The molecule has 9 nitrogen and oxygen atoms in total. The van der Waals surface area contributed by atoms with Crippen LogP contribution in [-0.4, -0.2) is 51.8 Å². The lowest BCUT2D eigenvalue weighted by Gasteiger charge is -2.21. The van der Waals surface area contributed by atoms with E-state index >= 15 is 0 Å². The Hall–Kier alpha value is -4.18. The Labute approximate surface area is 259 Å². The predicted octanol–water partition coefficient (Wildman–Crippen LogP) is 5.93. The number of rotatable bonds is 12. The smallest absolute Gasteiger partial charge is 0.335 e. The molecule has 2 unspecified atom stereocenters. The van der Waals surface area contributed by atoms with Crippen molar-refractivity contribution in [3.63, 3.8) is 0 Å². The standard InChI is InChI=1S/C32H32Cl2N4O5/c1-19(2)18-43-32(42)28(39)16-24(14-20-10-12-21(13-11-20)22-6-5-7-23(33)15-22)35-31(41)27-17-29(38-37-27)36-30(40)25-8-3-4-9-26(25)34/h3-13,15,17,19,24,28,39H,14,16,18H2,1-2H3,(H,35,41)(H2,36,37,38,40). The predicted molar refractivity (Wildman–Crippen MR) is 166 cm³/mol. The van der Waals surface area contributed by atoms with E-state index in [0.717, 1.165) is 16.7 Å². The molecule has 3 aromatic carbocycles. The zero-order valence-corrected chi connectivity index (χ0v) is 25.2. The molecule has 0 aliphatic carbocycles. The first kappa shape index (κ1) is 31.7. The van der Waals surface area contributed by atoms with Crippen LogP contribution < -0.4 is 10.6 Å². The summed E-state index contributed by atoms with van der Waals surface area (Å²) in [5.41, 5.74) is 3.14. The first-order valence-corrected chi connectivity index (χ1v) is 14.5.